The van der Waals surface area contributed by atoms with E-state index in [-0.39, 0.29) is 18.6 Å². The lowest BCUT2D eigenvalue weighted by molar-refractivity contribution is -0.135. The van der Waals surface area contributed by atoms with Crippen LogP contribution < -0.4 is 9.47 Å². The largest absolute Gasteiger partial charge is 0.486 e. The molecule has 0 N–H and O–H groups in total. The van der Waals surface area contributed by atoms with Gasteiger partial charge in [0.2, 0.25) is 0 Å². The first kappa shape index (κ1) is 17.4. The molecule has 0 aromatic heterocycles. The van der Waals surface area contributed by atoms with E-state index >= 15 is 0 Å². The molecule has 1 atom stereocenters. The van der Waals surface area contributed by atoms with Crippen LogP contribution in [0.3, 0.4) is 0 Å². The number of carbonyl (C=O) groups excluding carboxylic acids is 2. The first-order chi connectivity index (χ1) is 13.2. The van der Waals surface area contributed by atoms with Gasteiger partial charge in [-0.15, -0.1) is 0 Å². The standard InChI is InChI=1S/C21H21NO5/c23-20(14-27-21(24)15-5-2-1-3-6-15)22-10-4-7-17(22)16-8-9-18-19(13-16)26-12-11-25-18/h1-3,5-6,8-9,13,17H,4,7,10-12,14H2/t17-/m0/s1. The summed E-state index contributed by atoms with van der Waals surface area (Å²) in [4.78, 5) is 26.5. The fourth-order valence-electron chi connectivity index (χ4n) is 3.55. The highest BCUT2D eigenvalue weighted by Crippen LogP contribution is 2.38. The van der Waals surface area contributed by atoms with Crippen molar-refractivity contribution in [1.82, 2.24) is 4.90 Å². The van der Waals surface area contributed by atoms with Gasteiger partial charge in [-0.2, -0.15) is 0 Å². The van der Waals surface area contributed by atoms with E-state index in [1.165, 1.54) is 0 Å². The van der Waals surface area contributed by atoms with E-state index in [0.717, 1.165) is 24.2 Å². The number of amides is 1. The number of benzene rings is 2. The first-order valence-electron chi connectivity index (χ1n) is 9.13. The third-order valence-corrected chi connectivity index (χ3v) is 4.86. The zero-order chi connectivity index (χ0) is 18.6. The molecule has 2 aromatic rings. The fourth-order valence-corrected chi connectivity index (χ4v) is 3.55. The Bertz CT molecular complexity index is 836. The van der Waals surface area contributed by atoms with Crippen molar-refractivity contribution in [2.45, 2.75) is 18.9 Å². The van der Waals surface area contributed by atoms with Crippen LogP contribution in [-0.2, 0) is 9.53 Å². The van der Waals surface area contributed by atoms with Crippen molar-refractivity contribution in [2.75, 3.05) is 26.4 Å². The van der Waals surface area contributed by atoms with E-state index in [1.54, 1.807) is 29.2 Å². The monoisotopic (exact) mass is 367 g/mol. The van der Waals surface area contributed by atoms with Crippen LogP contribution in [0.5, 0.6) is 11.5 Å². The van der Waals surface area contributed by atoms with Gasteiger partial charge in [-0.3, -0.25) is 4.79 Å². The maximum Gasteiger partial charge on any atom is 0.338 e. The van der Waals surface area contributed by atoms with Crippen LogP contribution in [0.4, 0.5) is 0 Å². The Morgan fingerprint density at radius 2 is 1.81 bits per heavy atom. The molecular weight excluding hydrogens is 346 g/mol. The van der Waals surface area contributed by atoms with Crippen LogP contribution in [0.2, 0.25) is 0 Å². The van der Waals surface area contributed by atoms with Crippen LogP contribution in [0.25, 0.3) is 0 Å². The van der Waals surface area contributed by atoms with Crippen LogP contribution in [0, 0.1) is 0 Å². The Hall–Kier alpha value is -3.02. The van der Waals surface area contributed by atoms with E-state index in [2.05, 4.69) is 0 Å². The van der Waals surface area contributed by atoms with E-state index in [9.17, 15) is 9.59 Å². The normalized spacial score (nSPS) is 18.2. The topological polar surface area (TPSA) is 65.1 Å². The lowest BCUT2D eigenvalue weighted by Crippen LogP contribution is -2.34. The Kier molecular flexibility index (Phi) is 4.96. The number of rotatable bonds is 4. The van der Waals surface area contributed by atoms with Gasteiger partial charge in [0, 0.05) is 6.54 Å². The summed E-state index contributed by atoms with van der Waals surface area (Å²) in [5, 5.41) is 0. The predicted octanol–water partition coefficient (Wildman–Crippen LogP) is 2.98. The number of nitrogens with zero attached hydrogens (tertiary/aromatic N) is 1. The van der Waals surface area contributed by atoms with Gasteiger partial charge < -0.3 is 19.1 Å². The van der Waals surface area contributed by atoms with Gasteiger partial charge in [0.1, 0.15) is 13.2 Å². The van der Waals surface area contributed by atoms with Gasteiger partial charge in [0.25, 0.3) is 5.91 Å². The van der Waals surface area contributed by atoms with Gasteiger partial charge in [0.05, 0.1) is 11.6 Å². The van der Waals surface area contributed by atoms with Crippen molar-refractivity contribution >= 4 is 11.9 Å². The van der Waals surface area contributed by atoms with Gasteiger partial charge in [0.15, 0.2) is 18.1 Å². The molecule has 0 aliphatic carbocycles. The van der Waals surface area contributed by atoms with Crippen LogP contribution in [0.15, 0.2) is 48.5 Å². The summed E-state index contributed by atoms with van der Waals surface area (Å²) in [6, 6.07) is 14.4. The van der Waals surface area contributed by atoms with Crippen molar-refractivity contribution in [3.05, 3.63) is 59.7 Å². The number of ether oxygens (including phenoxy) is 3. The maximum atomic E-state index is 12.6. The summed E-state index contributed by atoms with van der Waals surface area (Å²) in [5.74, 6) is 0.780. The van der Waals surface area contributed by atoms with Crippen molar-refractivity contribution < 1.29 is 23.8 Å². The molecule has 6 heteroatoms. The van der Waals surface area contributed by atoms with Gasteiger partial charge in [-0.25, -0.2) is 4.79 Å². The number of likely N-dealkylation sites (tertiary alicyclic amines) is 1. The molecule has 1 fully saturated rings. The molecule has 2 aliphatic rings. The van der Waals surface area contributed by atoms with Crippen molar-refractivity contribution in [3.8, 4) is 11.5 Å². The van der Waals surface area contributed by atoms with Crippen molar-refractivity contribution in [1.29, 1.82) is 0 Å². The zero-order valence-corrected chi connectivity index (χ0v) is 14.9. The summed E-state index contributed by atoms with van der Waals surface area (Å²) < 4.78 is 16.4. The lowest BCUT2D eigenvalue weighted by Gasteiger charge is -2.26. The minimum atomic E-state index is -0.487. The average Bonchev–Trinajstić information content (AvgIpc) is 3.22. The summed E-state index contributed by atoms with van der Waals surface area (Å²) in [5.41, 5.74) is 1.45. The summed E-state index contributed by atoms with van der Waals surface area (Å²) in [7, 11) is 0. The molecule has 27 heavy (non-hydrogen) atoms. The van der Waals surface area contributed by atoms with Crippen LogP contribution in [0.1, 0.15) is 34.8 Å². The van der Waals surface area contributed by atoms with Crippen molar-refractivity contribution in [2.24, 2.45) is 0 Å². The second-order valence-corrected chi connectivity index (χ2v) is 6.59. The Morgan fingerprint density at radius 1 is 1.04 bits per heavy atom. The Balaban J connectivity index is 1.42. The molecule has 2 heterocycles. The summed E-state index contributed by atoms with van der Waals surface area (Å²) in [6.45, 7) is 1.47. The quantitative estimate of drug-likeness (QED) is 0.778. The molecule has 2 aromatic carbocycles. The molecule has 0 unspecified atom stereocenters. The highest BCUT2D eigenvalue weighted by atomic mass is 16.6. The molecule has 1 saturated heterocycles. The number of hydrogen-bond acceptors (Lipinski definition) is 5. The molecule has 140 valence electrons. The highest BCUT2D eigenvalue weighted by Gasteiger charge is 2.31. The summed E-state index contributed by atoms with van der Waals surface area (Å²) >= 11 is 0. The maximum absolute atomic E-state index is 12.6. The smallest absolute Gasteiger partial charge is 0.338 e. The first-order valence-corrected chi connectivity index (χ1v) is 9.13. The molecule has 2 aliphatic heterocycles. The number of carbonyl (C=O) groups is 2. The third kappa shape index (κ3) is 3.74. The second-order valence-electron chi connectivity index (χ2n) is 6.59. The number of esters is 1. The Labute approximate surface area is 157 Å². The average molecular weight is 367 g/mol. The number of fused-ring (bicyclic) bond motifs is 1. The van der Waals surface area contributed by atoms with Gasteiger partial charge in [-0.1, -0.05) is 24.3 Å². The zero-order valence-electron chi connectivity index (χ0n) is 14.9. The predicted molar refractivity (Wildman–Crippen MR) is 97.8 cm³/mol. The fraction of sp³-hybridized carbons (Fsp3) is 0.333. The summed E-state index contributed by atoms with van der Waals surface area (Å²) in [6.07, 6.45) is 1.79. The SMILES string of the molecule is O=C(OCC(=O)N1CCC[C@H]1c1ccc2c(c1)OCCO2)c1ccccc1. The van der Waals surface area contributed by atoms with Gasteiger partial charge >= 0.3 is 5.97 Å². The van der Waals surface area contributed by atoms with Gasteiger partial charge in [-0.05, 0) is 42.7 Å². The molecule has 6 nitrogen and oxygen atoms in total. The van der Waals surface area contributed by atoms with E-state index in [0.29, 0.717) is 31.1 Å². The third-order valence-electron chi connectivity index (χ3n) is 4.86. The highest BCUT2D eigenvalue weighted by molar-refractivity contribution is 5.91. The van der Waals surface area contributed by atoms with Crippen LogP contribution in [-0.4, -0.2) is 43.1 Å². The molecule has 0 spiro atoms. The number of hydrogen-bond donors (Lipinski definition) is 0. The molecule has 1 amide bonds. The van der Waals surface area contributed by atoms with Crippen molar-refractivity contribution in [3.63, 3.8) is 0 Å². The molecule has 0 radical (unpaired) electrons. The Morgan fingerprint density at radius 3 is 2.63 bits per heavy atom. The molecule has 0 saturated carbocycles. The minimum Gasteiger partial charge on any atom is -0.486 e. The van der Waals surface area contributed by atoms with E-state index in [4.69, 9.17) is 14.2 Å². The van der Waals surface area contributed by atoms with E-state index in [1.807, 2.05) is 24.3 Å². The van der Waals surface area contributed by atoms with E-state index < -0.39 is 5.97 Å². The molecular formula is C21H21NO5. The second kappa shape index (κ2) is 7.70. The molecule has 0 bridgehead atoms. The molecule has 4 rings (SSSR count). The minimum absolute atomic E-state index is 0.0382. The lowest BCUT2D eigenvalue weighted by atomic mass is 10.0. The van der Waals surface area contributed by atoms with Crippen LogP contribution >= 0.6 is 0 Å².